The second-order valence-electron chi connectivity index (χ2n) is 5.90. The van der Waals surface area contributed by atoms with Gasteiger partial charge in [0.2, 0.25) is 0 Å². The number of urea groups is 1. The highest BCUT2D eigenvalue weighted by atomic mass is 16.4. The number of hydrogen-bond acceptors (Lipinski definition) is 3. The summed E-state index contributed by atoms with van der Waals surface area (Å²) in [6, 6.07) is -0.0572. The largest absolute Gasteiger partial charge is 0.481 e. The predicted octanol–water partition coefficient (Wildman–Crippen LogP) is 1.04. The molecule has 1 aliphatic rings. The lowest BCUT2D eigenvalue weighted by Crippen LogP contribution is -2.52. The molecule has 0 spiro atoms. The summed E-state index contributed by atoms with van der Waals surface area (Å²) >= 11 is 0. The Morgan fingerprint density at radius 1 is 1.42 bits per heavy atom. The summed E-state index contributed by atoms with van der Waals surface area (Å²) in [5, 5.41) is 21.1. The van der Waals surface area contributed by atoms with E-state index in [1.807, 2.05) is 6.92 Å². The third kappa shape index (κ3) is 5.06. The van der Waals surface area contributed by atoms with Gasteiger partial charge in [0.25, 0.3) is 0 Å². The highest BCUT2D eigenvalue weighted by molar-refractivity contribution is 5.75. The lowest BCUT2D eigenvalue weighted by molar-refractivity contribution is -0.141. The van der Waals surface area contributed by atoms with Gasteiger partial charge in [0, 0.05) is 19.1 Å². The first kappa shape index (κ1) is 15.8. The van der Waals surface area contributed by atoms with E-state index in [2.05, 4.69) is 12.2 Å². The molecule has 0 aromatic heterocycles. The van der Waals surface area contributed by atoms with E-state index >= 15 is 0 Å². The Balaban J connectivity index is 2.45. The molecule has 3 unspecified atom stereocenters. The number of aliphatic hydroxyl groups is 1. The lowest BCUT2D eigenvalue weighted by atomic mass is 9.94. The summed E-state index contributed by atoms with van der Waals surface area (Å²) in [5.74, 6) is -0.464. The fraction of sp³-hybridized carbons (Fsp3) is 0.846. The quantitative estimate of drug-likeness (QED) is 0.713. The minimum atomic E-state index is -1.42. The topological polar surface area (TPSA) is 89.9 Å². The molecule has 6 nitrogen and oxygen atoms in total. The van der Waals surface area contributed by atoms with E-state index in [0.717, 1.165) is 12.8 Å². The van der Waals surface area contributed by atoms with Crippen molar-refractivity contribution in [2.75, 3.05) is 13.1 Å². The Kier molecular flexibility index (Phi) is 5.17. The molecule has 1 aliphatic heterocycles. The van der Waals surface area contributed by atoms with Crippen molar-refractivity contribution in [1.29, 1.82) is 0 Å². The van der Waals surface area contributed by atoms with Crippen LogP contribution in [0.5, 0.6) is 0 Å². The van der Waals surface area contributed by atoms with Crippen LogP contribution in [0.2, 0.25) is 0 Å². The molecule has 3 atom stereocenters. The zero-order valence-corrected chi connectivity index (χ0v) is 11.8. The number of carboxylic acids is 1. The Morgan fingerprint density at radius 2 is 2.05 bits per heavy atom. The van der Waals surface area contributed by atoms with Gasteiger partial charge >= 0.3 is 12.0 Å². The van der Waals surface area contributed by atoms with Crippen molar-refractivity contribution in [3.8, 4) is 0 Å². The molecule has 1 fully saturated rings. The van der Waals surface area contributed by atoms with Crippen LogP contribution in [-0.2, 0) is 4.79 Å². The highest BCUT2D eigenvalue weighted by Crippen LogP contribution is 2.22. The molecule has 0 bridgehead atoms. The number of carbonyl (C=O) groups excluding carboxylic acids is 1. The van der Waals surface area contributed by atoms with E-state index in [1.54, 1.807) is 4.90 Å². The fourth-order valence-corrected chi connectivity index (χ4v) is 2.46. The van der Waals surface area contributed by atoms with Gasteiger partial charge in [-0.15, -0.1) is 0 Å². The highest BCUT2D eigenvalue weighted by Gasteiger charge is 2.29. The van der Waals surface area contributed by atoms with Gasteiger partial charge in [-0.1, -0.05) is 6.92 Å². The number of carboxylic acid groups (broad SMARTS) is 1. The zero-order valence-electron chi connectivity index (χ0n) is 11.8. The van der Waals surface area contributed by atoms with Crippen LogP contribution >= 0.6 is 0 Å². The van der Waals surface area contributed by atoms with Crippen LogP contribution in [0.4, 0.5) is 4.79 Å². The SMILES string of the molecule is CC1CCN(C(=O)NCC(C)(O)CC(=O)O)C(C)C1. The minimum Gasteiger partial charge on any atom is -0.481 e. The number of aliphatic carboxylic acids is 1. The van der Waals surface area contributed by atoms with Gasteiger partial charge in [0.1, 0.15) is 0 Å². The van der Waals surface area contributed by atoms with E-state index in [1.165, 1.54) is 6.92 Å². The van der Waals surface area contributed by atoms with Gasteiger partial charge in [0.15, 0.2) is 0 Å². The number of nitrogens with zero attached hydrogens (tertiary/aromatic N) is 1. The molecule has 0 aliphatic carbocycles. The molecule has 0 aromatic carbocycles. The summed E-state index contributed by atoms with van der Waals surface area (Å²) in [6.45, 7) is 6.23. The minimum absolute atomic E-state index is 0.0586. The predicted molar refractivity (Wildman–Crippen MR) is 70.8 cm³/mol. The molecule has 19 heavy (non-hydrogen) atoms. The van der Waals surface area contributed by atoms with Crippen LogP contribution in [0.15, 0.2) is 0 Å². The van der Waals surface area contributed by atoms with Crippen molar-refractivity contribution in [2.24, 2.45) is 5.92 Å². The molecule has 2 amide bonds. The first-order chi connectivity index (χ1) is 8.71. The third-order valence-corrected chi connectivity index (χ3v) is 3.55. The molecule has 0 aromatic rings. The van der Waals surface area contributed by atoms with Gasteiger partial charge in [-0.05, 0) is 32.6 Å². The van der Waals surface area contributed by atoms with Crippen molar-refractivity contribution < 1.29 is 19.8 Å². The lowest BCUT2D eigenvalue weighted by Gasteiger charge is -2.37. The number of piperidine rings is 1. The van der Waals surface area contributed by atoms with E-state index < -0.39 is 11.6 Å². The van der Waals surface area contributed by atoms with E-state index in [9.17, 15) is 14.7 Å². The Bertz CT molecular complexity index is 344. The maximum Gasteiger partial charge on any atom is 0.317 e. The molecule has 3 N–H and O–H groups in total. The summed E-state index contributed by atoms with van der Waals surface area (Å²) in [7, 11) is 0. The number of hydrogen-bond donors (Lipinski definition) is 3. The summed E-state index contributed by atoms with van der Waals surface area (Å²) in [6.07, 6.45) is 1.56. The number of nitrogens with one attached hydrogen (secondary N) is 1. The summed E-state index contributed by atoms with van der Waals surface area (Å²) in [5.41, 5.74) is -1.42. The van der Waals surface area contributed by atoms with Crippen LogP contribution in [0, 0.1) is 5.92 Å². The molecule has 1 saturated heterocycles. The van der Waals surface area contributed by atoms with Gasteiger partial charge < -0.3 is 20.4 Å². The van der Waals surface area contributed by atoms with Crippen LogP contribution in [-0.4, -0.2) is 51.8 Å². The summed E-state index contributed by atoms with van der Waals surface area (Å²) in [4.78, 5) is 24.3. The van der Waals surface area contributed by atoms with E-state index in [-0.39, 0.29) is 25.0 Å². The van der Waals surface area contributed by atoms with E-state index in [4.69, 9.17) is 5.11 Å². The Morgan fingerprint density at radius 3 is 2.58 bits per heavy atom. The molecule has 0 radical (unpaired) electrons. The first-order valence-electron chi connectivity index (χ1n) is 6.70. The first-order valence-corrected chi connectivity index (χ1v) is 6.70. The van der Waals surface area contributed by atoms with Crippen molar-refractivity contribution in [3.05, 3.63) is 0 Å². The average molecular weight is 272 g/mol. The average Bonchev–Trinajstić information content (AvgIpc) is 2.24. The van der Waals surface area contributed by atoms with Gasteiger partial charge in [-0.2, -0.15) is 0 Å². The molecule has 0 saturated carbocycles. The molecule has 110 valence electrons. The molecular formula is C13H24N2O4. The maximum atomic E-state index is 12.0. The van der Waals surface area contributed by atoms with Crippen LogP contribution in [0.25, 0.3) is 0 Å². The molecule has 1 heterocycles. The van der Waals surface area contributed by atoms with Crippen molar-refractivity contribution >= 4 is 12.0 Å². The van der Waals surface area contributed by atoms with Crippen molar-refractivity contribution in [1.82, 2.24) is 10.2 Å². The second kappa shape index (κ2) is 6.23. The van der Waals surface area contributed by atoms with Crippen LogP contribution in [0.3, 0.4) is 0 Å². The number of likely N-dealkylation sites (tertiary alicyclic amines) is 1. The van der Waals surface area contributed by atoms with Gasteiger partial charge in [-0.25, -0.2) is 4.79 Å². The van der Waals surface area contributed by atoms with Crippen LogP contribution < -0.4 is 5.32 Å². The number of carbonyl (C=O) groups is 2. The van der Waals surface area contributed by atoms with Gasteiger partial charge in [0.05, 0.1) is 12.0 Å². The van der Waals surface area contributed by atoms with E-state index in [0.29, 0.717) is 12.5 Å². The molecule has 6 heteroatoms. The summed E-state index contributed by atoms with van der Waals surface area (Å²) < 4.78 is 0. The molecule has 1 rings (SSSR count). The standard InChI is InChI=1S/C13H24N2O4/c1-9-4-5-15(10(2)6-9)12(18)14-8-13(3,19)7-11(16)17/h9-10,19H,4-8H2,1-3H3,(H,14,18)(H,16,17). The molecular weight excluding hydrogens is 248 g/mol. The third-order valence-electron chi connectivity index (χ3n) is 3.55. The number of amides is 2. The monoisotopic (exact) mass is 272 g/mol. The Hall–Kier alpha value is -1.30. The zero-order chi connectivity index (χ0) is 14.6. The number of rotatable bonds is 4. The smallest absolute Gasteiger partial charge is 0.317 e. The van der Waals surface area contributed by atoms with Crippen LogP contribution in [0.1, 0.15) is 40.0 Å². The fourth-order valence-electron chi connectivity index (χ4n) is 2.46. The maximum absolute atomic E-state index is 12.0. The van der Waals surface area contributed by atoms with Crippen molar-refractivity contribution in [2.45, 2.75) is 51.7 Å². The van der Waals surface area contributed by atoms with Gasteiger partial charge in [-0.3, -0.25) is 4.79 Å². The second-order valence-corrected chi connectivity index (χ2v) is 5.90. The normalized spacial score (nSPS) is 26.6. The Labute approximate surface area is 113 Å². The van der Waals surface area contributed by atoms with Crippen molar-refractivity contribution in [3.63, 3.8) is 0 Å².